The Morgan fingerprint density at radius 1 is 0.704 bits per heavy atom. The van der Waals surface area contributed by atoms with Gasteiger partial charge in [-0.15, -0.1) is 0 Å². The lowest BCUT2D eigenvalue weighted by Crippen LogP contribution is -1.87. The zero-order valence-electron chi connectivity index (χ0n) is 17.6. The van der Waals surface area contributed by atoms with E-state index in [1.807, 2.05) is 12.1 Å². The van der Waals surface area contributed by atoms with Gasteiger partial charge in [-0.05, 0) is 18.6 Å². The highest BCUT2D eigenvalue weighted by atomic mass is 16.3. The van der Waals surface area contributed by atoms with Crippen LogP contribution in [0.4, 0.5) is 0 Å². The summed E-state index contributed by atoms with van der Waals surface area (Å²) in [6.45, 7) is 2.29. The summed E-state index contributed by atoms with van der Waals surface area (Å²) in [5.74, 6) is 0.842. The lowest BCUT2D eigenvalue weighted by atomic mass is 10.0. The number of hydrogen-bond acceptors (Lipinski definition) is 3. The summed E-state index contributed by atoms with van der Waals surface area (Å²) >= 11 is 0. The number of nitrogens with zero attached hydrogens (tertiary/aromatic N) is 2. The molecule has 0 radical (unpaired) electrons. The van der Waals surface area contributed by atoms with Gasteiger partial charge in [0.05, 0.1) is 0 Å². The molecule has 0 saturated carbocycles. The van der Waals surface area contributed by atoms with E-state index in [0.29, 0.717) is 0 Å². The minimum absolute atomic E-state index is 0.740. The maximum Gasteiger partial charge on any atom is 0.198 e. The van der Waals surface area contributed by atoms with Gasteiger partial charge in [0.15, 0.2) is 17.1 Å². The van der Waals surface area contributed by atoms with Gasteiger partial charge in [-0.3, -0.25) is 0 Å². The van der Waals surface area contributed by atoms with Gasteiger partial charge >= 0.3 is 0 Å². The molecule has 3 nitrogen and oxygen atoms in total. The Kier molecular flexibility index (Phi) is 11.9. The maximum absolute atomic E-state index is 5.72. The summed E-state index contributed by atoms with van der Waals surface area (Å²) in [6.07, 6.45) is 25.1. The molecule has 27 heavy (non-hydrogen) atoms. The van der Waals surface area contributed by atoms with Gasteiger partial charge in [0.25, 0.3) is 0 Å². The van der Waals surface area contributed by atoms with Gasteiger partial charge in [0, 0.05) is 12.6 Å². The molecule has 152 valence electrons. The van der Waals surface area contributed by atoms with Gasteiger partial charge in [-0.1, -0.05) is 103 Å². The predicted molar refractivity (Wildman–Crippen MR) is 115 cm³/mol. The molecule has 0 unspecified atom stereocenters. The van der Waals surface area contributed by atoms with E-state index in [1.54, 1.807) is 6.20 Å². The highest BCUT2D eigenvalue weighted by Gasteiger charge is 2.05. The normalized spacial score (nSPS) is 11.4. The number of oxazole rings is 1. The van der Waals surface area contributed by atoms with E-state index in [0.717, 1.165) is 23.5 Å². The number of fused-ring (bicyclic) bond motifs is 1. The van der Waals surface area contributed by atoms with Crippen LogP contribution >= 0.6 is 0 Å². The van der Waals surface area contributed by atoms with Crippen LogP contribution in [-0.4, -0.2) is 9.97 Å². The first-order chi connectivity index (χ1) is 13.4. The van der Waals surface area contributed by atoms with E-state index >= 15 is 0 Å². The molecule has 0 N–H and O–H groups in total. The minimum atomic E-state index is 0.740. The molecule has 0 aromatic carbocycles. The van der Waals surface area contributed by atoms with Crippen molar-refractivity contribution in [2.75, 3.05) is 0 Å². The predicted octanol–water partition coefficient (Wildman–Crippen LogP) is 8.03. The Balaban J connectivity index is 1.32. The Hall–Kier alpha value is -1.38. The van der Waals surface area contributed by atoms with Crippen LogP contribution in [0, 0.1) is 0 Å². The number of rotatable bonds is 17. The fourth-order valence-electron chi connectivity index (χ4n) is 3.74. The van der Waals surface area contributed by atoms with E-state index < -0.39 is 0 Å². The van der Waals surface area contributed by atoms with Crippen molar-refractivity contribution < 1.29 is 4.42 Å². The van der Waals surface area contributed by atoms with Crippen molar-refractivity contribution in [3.8, 4) is 0 Å². The number of unbranched alkanes of at least 4 members (excludes halogenated alkanes) is 15. The third-order valence-corrected chi connectivity index (χ3v) is 5.45. The second-order valence-electron chi connectivity index (χ2n) is 7.99. The van der Waals surface area contributed by atoms with Crippen LogP contribution in [0.1, 0.15) is 116 Å². The van der Waals surface area contributed by atoms with Crippen LogP contribution in [0.3, 0.4) is 0 Å². The first kappa shape index (κ1) is 21.9. The Labute approximate surface area is 166 Å². The van der Waals surface area contributed by atoms with E-state index in [-0.39, 0.29) is 0 Å². The average Bonchev–Trinajstić information content (AvgIpc) is 3.10. The summed E-state index contributed by atoms with van der Waals surface area (Å²) in [5, 5.41) is 0. The van der Waals surface area contributed by atoms with Crippen LogP contribution in [-0.2, 0) is 6.42 Å². The van der Waals surface area contributed by atoms with Crippen molar-refractivity contribution in [3.63, 3.8) is 0 Å². The molecule has 0 spiro atoms. The van der Waals surface area contributed by atoms with Gasteiger partial charge in [0.2, 0.25) is 0 Å². The largest absolute Gasteiger partial charge is 0.439 e. The quantitative estimate of drug-likeness (QED) is 0.264. The lowest BCUT2D eigenvalue weighted by molar-refractivity contribution is 0.499. The summed E-state index contributed by atoms with van der Waals surface area (Å²) in [5.41, 5.74) is 1.55. The molecule has 2 aromatic rings. The highest BCUT2D eigenvalue weighted by molar-refractivity contribution is 5.66. The molecule has 2 rings (SSSR count). The highest BCUT2D eigenvalue weighted by Crippen LogP contribution is 2.16. The van der Waals surface area contributed by atoms with E-state index in [4.69, 9.17) is 4.42 Å². The molecule has 0 saturated heterocycles. The first-order valence-electron chi connectivity index (χ1n) is 11.6. The molecule has 0 aliphatic rings. The second-order valence-corrected chi connectivity index (χ2v) is 7.99. The topological polar surface area (TPSA) is 38.9 Å². The lowest BCUT2D eigenvalue weighted by Gasteiger charge is -2.03. The Morgan fingerprint density at radius 2 is 1.22 bits per heavy atom. The van der Waals surface area contributed by atoms with Crippen LogP contribution in [0.25, 0.3) is 11.2 Å². The van der Waals surface area contributed by atoms with Gasteiger partial charge in [-0.2, -0.15) is 4.98 Å². The second kappa shape index (κ2) is 14.6. The molecular weight excluding hydrogens is 332 g/mol. The van der Waals surface area contributed by atoms with Crippen molar-refractivity contribution in [2.24, 2.45) is 0 Å². The molecule has 3 heteroatoms. The summed E-state index contributed by atoms with van der Waals surface area (Å²) in [6, 6.07) is 3.83. The molecule has 0 atom stereocenters. The molecule has 0 aliphatic heterocycles. The minimum Gasteiger partial charge on any atom is -0.439 e. The molecule has 0 fully saturated rings. The summed E-state index contributed by atoms with van der Waals surface area (Å²) < 4.78 is 5.72. The smallest absolute Gasteiger partial charge is 0.198 e. The number of aromatic nitrogens is 2. The number of pyridine rings is 1. The molecule has 0 aliphatic carbocycles. The monoisotopic (exact) mass is 372 g/mol. The fraction of sp³-hybridized carbons (Fsp3) is 0.750. The van der Waals surface area contributed by atoms with E-state index in [1.165, 1.54) is 103 Å². The molecule has 2 heterocycles. The van der Waals surface area contributed by atoms with Crippen molar-refractivity contribution in [3.05, 3.63) is 24.2 Å². The standard InChI is InChI=1S/C24H40N2O/c1-2-3-4-5-6-7-8-9-10-11-12-13-14-15-16-17-20-23-26-24-22(27-23)19-18-21-25-24/h18-19,21H,2-17,20H2,1H3. The van der Waals surface area contributed by atoms with Crippen molar-refractivity contribution in [1.82, 2.24) is 9.97 Å². The SMILES string of the molecule is CCCCCCCCCCCCCCCCCCc1nc2ncccc2o1. The van der Waals surface area contributed by atoms with Crippen molar-refractivity contribution >= 4 is 11.2 Å². The molecular formula is C24H40N2O. The zero-order valence-corrected chi connectivity index (χ0v) is 17.6. The van der Waals surface area contributed by atoms with Crippen molar-refractivity contribution in [1.29, 1.82) is 0 Å². The Morgan fingerprint density at radius 3 is 1.74 bits per heavy atom. The number of hydrogen-bond donors (Lipinski definition) is 0. The number of aryl methyl sites for hydroxylation is 1. The average molecular weight is 373 g/mol. The fourth-order valence-corrected chi connectivity index (χ4v) is 3.74. The van der Waals surface area contributed by atoms with Crippen molar-refractivity contribution in [2.45, 2.75) is 116 Å². The van der Waals surface area contributed by atoms with Crippen LogP contribution in [0.2, 0.25) is 0 Å². The molecule has 0 amide bonds. The summed E-state index contributed by atoms with van der Waals surface area (Å²) in [7, 11) is 0. The van der Waals surface area contributed by atoms with E-state index in [2.05, 4.69) is 16.9 Å². The summed E-state index contributed by atoms with van der Waals surface area (Å²) in [4.78, 5) is 8.66. The first-order valence-corrected chi connectivity index (χ1v) is 11.6. The van der Waals surface area contributed by atoms with Gasteiger partial charge in [0.1, 0.15) is 0 Å². The molecule has 2 aromatic heterocycles. The van der Waals surface area contributed by atoms with Crippen LogP contribution in [0.5, 0.6) is 0 Å². The van der Waals surface area contributed by atoms with Crippen LogP contribution < -0.4 is 0 Å². The van der Waals surface area contributed by atoms with Gasteiger partial charge in [-0.25, -0.2) is 4.98 Å². The zero-order chi connectivity index (χ0) is 19.0. The van der Waals surface area contributed by atoms with E-state index in [9.17, 15) is 0 Å². The van der Waals surface area contributed by atoms with Crippen LogP contribution in [0.15, 0.2) is 22.7 Å². The third-order valence-electron chi connectivity index (χ3n) is 5.45. The molecule has 0 bridgehead atoms. The Bertz CT molecular complexity index is 560. The third kappa shape index (κ3) is 9.93. The van der Waals surface area contributed by atoms with Gasteiger partial charge < -0.3 is 4.42 Å². The maximum atomic E-state index is 5.72.